The fourth-order valence-electron chi connectivity index (χ4n) is 1.24. The zero-order valence-corrected chi connectivity index (χ0v) is 9.61. The number of nitrogens with zero attached hydrogens (tertiary/aromatic N) is 2. The molecule has 0 fully saturated rings. The lowest BCUT2D eigenvalue weighted by atomic mass is 10.2. The third-order valence-corrected chi connectivity index (χ3v) is 2.94. The number of furan rings is 1. The maximum absolute atomic E-state index is 5.45. The molecule has 0 saturated carbocycles. The highest BCUT2D eigenvalue weighted by atomic mass is 32.2. The molecule has 0 aliphatic carbocycles. The monoisotopic (exact) mass is 235 g/mol. The molecule has 0 bridgehead atoms. The van der Waals surface area contributed by atoms with E-state index in [2.05, 4.69) is 9.97 Å². The summed E-state index contributed by atoms with van der Waals surface area (Å²) in [6.45, 7) is 0.627. The predicted octanol–water partition coefficient (Wildman–Crippen LogP) is 1.86. The third-order valence-electron chi connectivity index (χ3n) is 2.04. The Balaban J connectivity index is 1.90. The van der Waals surface area contributed by atoms with Gasteiger partial charge in [0.2, 0.25) is 0 Å². The summed E-state index contributed by atoms with van der Waals surface area (Å²) in [6, 6.07) is 3.82. The van der Waals surface area contributed by atoms with Gasteiger partial charge < -0.3 is 10.2 Å². The highest BCUT2D eigenvalue weighted by Crippen LogP contribution is 2.18. The van der Waals surface area contributed by atoms with Crippen molar-refractivity contribution in [2.75, 3.05) is 6.54 Å². The Bertz CT molecular complexity index is 413. The average molecular weight is 235 g/mol. The fraction of sp³-hybridized carbons (Fsp3) is 0.273. The van der Waals surface area contributed by atoms with Crippen molar-refractivity contribution in [3.63, 3.8) is 0 Å². The van der Waals surface area contributed by atoms with Crippen LogP contribution in [0.2, 0.25) is 0 Å². The van der Waals surface area contributed by atoms with Crippen LogP contribution in [0, 0.1) is 0 Å². The minimum Gasteiger partial charge on any atom is -0.468 e. The summed E-state index contributed by atoms with van der Waals surface area (Å²) in [5, 5.41) is 0.761. The van der Waals surface area contributed by atoms with Crippen molar-refractivity contribution in [2.45, 2.75) is 17.3 Å². The van der Waals surface area contributed by atoms with Crippen LogP contribution in [0.3, 0.4) is 0 Å². The molecule has 2 aromatic rings. The molecule has 0 spiro atoms. The van der Waals surface area contributed by atoms with Crippen molar-refractivity contribution in [1.82, 2.24) is 9.97 Å². The molecule has 2 aromatic heterocycles. The van der Waals surface area contributed by atoms with Gasteiger partial charge in [0.15, 0.2) is 5.16 Å². The molecule has 2 N–H and O–H groups in total. The summed E-state index contributed by atoms with van der Waals surface area (Å²) in [5.74, 6) is 1.68. The predicted molar refractivity (Wildman–Crippen MR) is 63.1 cm³/mol. The Kier molecular flexibility index (Phi) is 3.96. The van der Waals surface area contributed by atoms with E-state index < -0.39 is 0 Å². The van der Waals surface area contributed by atoms with Gasteiger partial charge in [-0.3, -0.25) is 0 Å². The van der Waals surface area contributed by atoms with Crippen LogP contribution in [0.15, 0.2) is 40.4 Å². The van der Waals surface area contributed by atoms with Crippen LogP contribution in [0.1, 0.15) is 11.3 Å². The fourth-order valence-corrected chi connectivity index (χ4v) is 1.93. The second kappa shape index (κ2) is 5.67. The minimum atomic E-state index is 0.627. The lowest BCUT2D eigenvalue weighted by Gasteiger charge is -2.00. The average Bonchev–Trinajstić information content (AvgIpc) is 2.82. The van der Waals surface area contributed by atoms with E-state index in [4.69, 9.17) is 10.2 Å². The quantitative estimate of drug-likeness (QED) is 0.633. The van der Waals surface area contributed by atoms with Gasteiger partial charge in [-0.2, -0.15) is 0 Å². The summed E-state index contributed by atoms with van der Waals surface area (Å²) in [4.78, 5) is 8.50. The molecule has 0 unspecified atom stereocenters. The second-order valence-electron chi connectivity index (χ2n) is 3.28. The van der Waals surface area contributed by atoms with E-state index in [9.17, 15) is 0 Å². The molecule has 84 valence electrons. The summed E-state index contributed by atoms with van der Waals surface area (Å²) in [6.07, 6.45) is 6.14. The molecule has 5 heteroatoms. The molecule has 0 aliphatic heterocycles. The molecule has 4 nitrogen and oxygen atoms in total. The van der Waals surface area contributed by atoms with Gasteiger partial charge in [0.25, 0.3) is 0 Å². The Hall–Kier alpha value is -1.33. The molecule has 0 amide bonds. The molecule has 0 atom stereocenters. The van der Waals surface area contributed by atoms with Gasteiger partial charge in [-0.1, -0.05) is 11.8 Å². The van der Waals surface area contributed by atoms with E-state index in [1.807, 2.05) is 24.5 Å². The molecule has 2 heterocycles. The first-order valence-corrected chi connectivity index (χ1v) is 6.03. The molecule has 0 radical (unpaired) electrons. The number of nitrogens with two attached hydrogens (primary N) is 1. The van der Waals surface area contributed by atoms with Crippen LogP contribution >= 0.6 is 11.8 Å². The van der Waals surface area contributed by atoms with Gasteiger partial charge >= 0.3 is 0 Å². The lowest BCUT2D eigenvalue weighted by Crippen LogP contribution is -2.03. The molecular weight excluding hydrogens is 222 g/mol. The first-order valence-electron chi connectivity index (χ1n) is 5.04. The van der Waals surface area contributed by atoms with Gasteiger partial charge in [0.1, 0.15) is 5.76 Å². The smallest absolute Gasteiger partial charge is 0.187 e. The normalized spacial score (nSPS) is 10.6. The summed E-state index contributed by atoms with van der Waals surface area (Å²) >= 11 is 1.56. The van der Waals surface area contributed by atoms with Crippen molar-refractivity contribution >= 4 is 11.8 Å². The van der Waals surface area contributed by atoms with Crippen LogP contribution in [0.5, 0.6) is 0 Å². The molecule has 0 aliphatic rings. The zero-order valence-electron chi connectivity index (χ0n) is 8.80. The highest BCUT2D eigenvalue weighted by Gasteiger charge is 2.01. The van der Waals surface area contributed by atoms with E-state index in [0.717, 1.165) is 28.7 Å². The number of hydrogen-bond donors (Lipinski definition) is 1. The van der Waals surface area contributed by atoms with E-state index in [1.165, 1.54) is 0 Å². The molecule has 0 aromatic carbocycles. The van der Waals surface area contributed by atoms with Crippen molar-refractivity contribution in [1.29, 1.82) is 0 Å². The summed E-state index contributed by atoms with van der Waals surface area (Å²) < 4.78 is 5.22. The van der Waals surface area contributed by atoms with Crippen LogP contribution in [0.25, 0.3) is 0 Å². The Morgan fingerprint density at radius 1 is 1.31 bits per heavy atom. The van der Waals surface area contributed by atoms with E-state index in [0.29, 0.717) is 6.54 Å². The number of aromatic nitrogens is 2. The van der Waals surface area contributed by atoms with Crippen LogP contribution in [-0.4, -0.2) is 16.5 Å². The largest absolute Gasteiger partial charge is 0.468 e. The van der Waals surface area contributed by atoms with Gasteiger partial charge in [0, 0.05) is 12.4 Å². The number of thioether (sulfide) groups is 1. The van der Waals surface area contributed by atoms with Crippen molar-refractivity contribution in [2.24, 2.45) is 5.73 Å². The topological polar surface area (TPSA) is 64.9 Å². The van der Waals surface area contributed by atoms with Gasteiger partial charge in [-0.25, -0.2) is 9.97 Å². The van der Waals surface area contributed by atoms with Crippen LogP contribution in [-0.2, 0) is 12.2 Å². The minimum absolute atomic E-state index is 0.627. The summed E-state index contributed by atoms with van der Waals surface area (Å²) in [7, 11) is 0. The van der Waals surface area contributed by atoms with E-state index >= 15 is 0 Å². The Morgan fingerprint density at radius 2 is 2.12 bits per heavy atom. The standard InChI is InChI=1S/C11H13N3OS/c12-4-3-9-6-13-11(14-7-9)16-8-10-2-1-5-15-10/h1-2,5-7H,3-4,8,12H2. The van der Waals surface area contributed by atoms with E-state index in [-0.39, 0.29) is 0 Å². The number of hydrogen-bond acceptors (Lipinski definition) is 5. The lowest BCUT2D eigenvalue weighted by molar-refractivity contribution is 0.530. The molecule has 0 saturated heterocycles. The van der Waals surface area contributed by atoms with E-state index in [1.54, 1.807) is 18.0 Å². The van der Waals surface area contributed by atoms with Crippen molar-refractivity contribution in [3.05, 3.63) is 42.1 Å². The first-order chi connectivity index (χ1) is 7.88. The third kappa shape index (κ3) is 3.08. The van der Waals surface area contributed by atoms with Crippen LogP contribution < -0.4 is 5.73 Å². The molecular formula is C11H13N3OS. The number of rotatable bonds is 5. The second-order valence-corrected chi connectivity index (χ2v) is 4.22. The van der Waals surface area contributed by atoms with Crippen molar-refractivity contribution < 1.29 is 4.42 Å². The van der Waals surface area contributed by atoms with Gasteiger partial charge in [0.05, 0.1) is 12.0 Å². The van der Waals surface area contributed by atoms with Gasteiger partial charge in [-0.15, -0.1) is 0 Å². The first kappa shape index (κ1) is 11.2. The Labute approximate surface area is 98.3 Å². The van der Waals surface area contributed by atoms with Crippen molar-refractivity contribution in [3.8, 4) is 0 Å². The van der Waals surface area contributed by atoms with Crippen LogP contribution in [0.4, 0.5) is 0 Å². The molecule has 16 heavy (non-hydrogen) atoms. The molecule has 2 rings (SSSR count). The van der Waals surface area contributed by atoms with Gasteiger partial charge in [-0.05, 0) is 30.7 Å². The Morgan fingerprint density at radius 3 is 2.75 bits per heavy atom. The highest BCUT2D eigenvalue weighted by molar-refractivity contribution is 7.98. The summed E-state index contributed by atoms with van der Waals surface area (Å²) in [5.41, 5.74) is 6.52. The SMILES string of the molecule is NCCc1cnc(SCc2ccco2)nc1. The zero-order chi connectivity index (χ0) is 11.2. The maximum atomic E-state index is 5.45. The maximum Gasteiger partial charge on any atom is 0.187 e.